The van der Waals surface area contributed by atoms with Crippen molar-refractivity contribution >= 4 is 45.0 Å². The van der Waals surface area contributed by atoms with E-state index in [-0.39, 0.29) is 11.4 Å². The number of carbonyl (C=O) groups excluding carboxylic acids is 1. The van der Waals surface area contributed by atoms with E-state index in [9.17, 15) is 4.79 Å². The van der Waals surface area contributed by atoms with Crippen molar-refractivity contribution in [2.45, 2.75) is 19.4 Å². The number of carbonyl (C=O) groups is 1. The number of halogens is 3. The molecule has 94 valence electrons. The maximum absolute atomic E-state index is 12.2. The lowest BCUT2D eigenvalue weighted by Gasteiger charge is -2.34. The average molecular weight is 339 g/mol. The Morgan fingerprint density at radius 3 is 2.53 bits per heavy atom. The van der Waals surface area contributed by atoms with E-state index in [1.54, 1.807) is 30.1 Å². The molecule has 0 aliphatic heterocycles. The van der Waals surface area contributed by atoms with Crippen LogP contribution in [0.25, 0.3) is 0 Å². The molecule has 0 aromatic heterocycles. The van der Waals surface area contributed by atoms with Crippen LogP contribution < -0.4 is 0 Å². The molecule has 0 heterocycles. The van der Waals surface area contributed by atoms with E-state index < -0.39 is 0 Å². The van der Waals surface area contributed by atoms with Gasteiger partial charge in [0.15, 0.2) is 0 Å². The van der Waals surface area contributed by atoms with Crippen LogP contribution in [0.15, 0.2) is 22.7 Å². The van der Waals surface area contributed by atoms with E-state index in [2.05, 4.69) is 15.9 Å². The first-order valence-electron chi connectivity index (χ1n) is 5.09. The smallest absolute Gasteiger partial charge is 0.254 e. The molecule has 5 heteroatoms. The van der Waals surface area contributed by atoms with Crippen LogP contribution in [0.2, 0.25) is 5.02 Å². The van der Waals surface area contributed by atoms with E-state index in [1.165, 1.54) is 0 Å². The third kappa shape index (κ3) is 3.36. The van der Waals surface area contributed by atoms with E-state index in [1.807, 2.05) is 13.8 Å². The molecule has 0 saturated heterocycles. The van der Waals surface area contributed by atoms with Crippen molar-refractivity contribution in [3.8, 4) is 0 Å². The molecule has 2 nitrogen and oxygen atoms in total. The predicted octanol–water partition coefficient (Wildman–Crippen LogP) is 4.19. The van der Waals surface area contributed by atoms with Crippen LogP contribution in [0.3, 0.4) is 0 Å². The SMILES string of the molecule is CN(C(=O)c1ccc(Cl)c(Br)c1)C(C)(C)CCl. The summed E-state index contributed by atoms with van der Waals surface area (Å²) in [5, 5.41) is 0.584. The number of rotatable bonds is 3. The van der Waals surface area contributed by atoms with Crippen LogP contribution in [0.1, 0.15) is 24.2 Å². The predicted molar refractivity (Wildman–Crippen MR) is 76.0 cm³/mol. The van der Waals surface area contributed by atoms with Gasteiger partial charge in [-0.25, -0.2) is 0 Å². The molecule has 1 amide bonds. The number of alkyl halides is 1. The minimum absolute atomic E-state index is 0.0759. The van der Waals surface area contributed by atoms with Gasteiger partial charge in [-0.3, -0.25) is 4.79 Å². The molecular formula is C12H14BrCl2NO. The molecule has 0 bridgehead atoms. The molecule has 0 aliphatic rings. The summed E-state index contributed by atoms with van der Waals surface area (Å²) in [6.45, 7) is 3.84. The minimum atomic E-state index is -0.384. The van der Waals surface area contributed by atoms with Gasteiger partial charge in [-0.15, -0.1) is 11.6 Å². The Morgan fingerprint density at radius 1 is 1.47 bits per heavy atom. The highest BCUT2D eigenvalue weighted by atomic mass is 79.9. The summed E-state index contributed by atoms with van der Waals surface area (Å²) in [5.41, 5.74) is 0.201. The van der Waals surface area contributed by atoms with Gasteiger partial charge in [0.1, 0.15) is 0 Å². The standard InChI is InChI=1S/C12H14BrCl2NO/c1-12(2,7-14)16(3)11(17)8-4-5-10(15)9(13)6-8/h4-6H,7H2,1-3H3. The lowest BCUT2D eigenvalue weighted by molar-refractivity contribution is 0.0660. The molecule has 1 aromatic carbocycles. The Morgan fingerprint density at radius 2 is 2.06 bits per heavy atom. The summed E-state index contributed by atoms with van der Waals surface area (Å²) in [4.78, 5) is 13.9. The van der Waals surface area contributed by atoms with Crippen molar-refractivity contribution < 1.29 is 4.79 Å². The monoisotopic (exact) mass is 337 g/mol. The third-order valence-electron chi connectivity index (χ3n) is 2.71. The van der Waals surface area contributed by atoms with Gasteiger partial charge < -0.3 is 4.90 Å². The fourth-order valence-corrected chi connectivity index (χ4v) is 1.86. The molecule has 0 spiro atoms. The van der Waals surface area contributed by atoms with Crippen molar-refractivity contribution in [3.05, 3.63) is 33.3 Å². The van der Waals surface area contributed by atoms with Gasteiger partial charge in [-0.05, 0) is 48.0 Å². The molecule has 0 unspecified atom stereocenters. The second-order valence-corrected chi connectivity index (χ2v) is 5.97. The van der Waals surface area contributed by atoms with Crippen LogP contribution in [-0.2, 0) is 0 Å². The zero-order valence-electron chi connectivity index (χ0n) is 9.93. The Bertz CT molecular complexity index is 435. The molecule has 1 rings (SSSR count). The maximum Gasteiger partial charge on any atom is 0.254 e. The molecule has 0 saturated carbocycles. The first-order chi connectivity index (χ1) is 7.79. The zero-order chi connectivity index (χ0) is 13.2. The summed E-state index contributed by atoms with van der Waals surface area (Å²) >= 11 is 15.0. The molecule has 0 aliphatic carbocycles. The van der Waals surface area contributed by atoms with E-state index in [4.69, 9.17) is 23.2 Å². The Kier molecular flexibility index (Phi) is 4.87. The number of nitrogens with zero attached hydrogens (tertiary/aromatic N) is 1. The maximum atomic E-state index is 12.2. The van der Waals surface area contributed by atoms with Gasteiger partial charge in [0.25, 0.3) is 5.91 Å². The average Bonchev–Trinajstić information content (AvgIpc) is 2.30. The zero-order valence-corrected chi connectivity index (χ0v) is 13.0. The van der Waals surface area contributed by atoms with Crippen molar-refractivity contribution in [1.82, 2.24) is 4.90 Å². The minimum Gasteiger partial charge on any atom is -0.335 e. The first-order valence-corrected chi connectivity index (χ1v) is 6.79. The molecule has 17 heavy (non-hydrogen) atoms. The molecule has 0 fully saturated rings. The first kappa shape index (κ1) is 14.8. The number of amides is 1. The molecule has 0 radical (unpaired) electrons. The fraction of sp³-hybridized carbons (Fsp3) is 0.417. The van der Waals surface area contributed by atoms with Gasteiger partial charge in [0.05, 0.1) is 10.6 Å². The second-order valence-electron chi connectivity index (χ2n) is 4.44. The van der Waals surface area contributed by atoms with Gasteiger partial charge in [0, 0.05) is 23.0 Å². The molecule has 0 N–H and O–H groups in total. The van der Waals surface area contributed by atoms with Crippen molar-refractivity contribution in [2.24, 2.45) is 0 Å². The van der Waals surface area contributed by atoms with Crippen molar-refractivity contribution in [1.29, 1.82) is 0 Å². The summed E-state index contributed by atoms with van der Waals surface area (Å²) in [7, 11) is 1.74. The lowest BCUT2D eigenvalue weighted by Crippen LogP contribution is -2.46. The van der Waals surface area contributed by atoms with Crippen LogP contribution >= 0.6 is 39.1 Å². The highest BCUT2D eigenvalue weighted by Gasteiger charge is 2.27. The summed E-state index contributed by atoms with van der Waals surface area (Å²) in [6, 6.07) is 5.11. The fourth-order valence-electron chi connectivity index (χ4n) is 1.19. The summed E-state index contributed by atoms with van der Waals surface area (Å²) < 4.78 is 0.710. The van der Waals surface area contributed by atoms with Gasteiger partial charge in [-0.2, -0.15) is 0 Å². The van der Waals surface area contributed by atoms with E-state index in [0.717, 1.165) is 0 Å². The largest absolute Gasteiger partial charge is 0.335 e. The Balaban J connectivity index is 3.01. The van der Waals surface area contributed by atoms with Crippen LogP contribution in [0, 0.1) is 0 Å². The van der Waals surface area contributed by atoms with Crippen molar-refractivity contribution in [3.63, 3.8) is 0 Å². The third-order valence-corrected chi connectivity index (χ3v) is 4.57. The molecule has 1 aromatic rings. The van der Waals surface area contributed by atoms with E-state index >= 15 is 0 Å². The Labute approximate surface area is 120 Å². The Hall–Kier alpha value is -0.250. The number of hydrogen-bond donors (Lipinski definition) is 0. The van der Waals surface area contributed by atoms with Crippen LogP contribution in [-0.4, -0.2) is 29.3 Å². The van der Waals surface area contributed by atoms with E-state index in [0.29, 0.717) is 20.9 Å². The highest BCUT2D eigenvalue weighted by Crippen LogP contribution is 2.25. The molecular weight excluding hydrogens is 325 g/mol. The summed E-state index contributed by atoms with van der Waals surface area (Å²) in [6.07, 6.45) is 0. The second kappa shape index (κ2) is 5.59. The van der Waals surface area contributed by atoms with Crippen LogP contribution in [0.5, 0.6) is 0 Å². The van der Waals surface area contributed by atoms with Gasteiger partial charge in [0.2, 0.25) is 0 Å². The number of hydrogen-bond acceptors (Lipinski definition) is 1. The molecule has 0 atom stereocenters. The lowest BCUT2D eigenvalue weighted by atomic mass is 10.0. The normalized spacial score (nSPS) is 11.4. The van der Waals surface area contributed by atoms with Crippen LogP contribution in [0.4, 0.5) is 0 Å². The number of benzene rings is 1. The van der Waals surface area contributed by atoms with Crippen molar-refractivity contribution in [2.75, 3.05) is 12.9 Å². The van der Waals surface area contributed by atoms with Gasteiger partial charge in [-0.1, -0.05) is 11.6 Å². The quantitative estimate of drug-likeness (QED) is 0.756. The topological polar surface area (TPSA) is 20.3 Å². The summed E-state index contributed by atoms with van der Waals surface area (Å²) in [5.74, 6) is 0.303. The highest BCUT2D eigenvalue weighted by molar-refractivity contribution is 9.10. The van der Waals surface area contributed by atoms with Gasteiger partial charge >= 0.3 is 0 Å².